The fourth-order valence-corrected chi connectivity index (χ4v) is 2.06. The zero-order valence-electron chi connectivity index (χ0n) is 11.3. The monoisotopic (exact) mass is 336 g/mol. The molecule has 1 heterocycles. The van der Waals surface area contributed by atoms with Gasteiger partial charge in [0.25, 0.3) is 0 Å². The molecule has 4 nitrogen and oxygen atoms in total. The Kier molecular flexibility index (Phi) is 5.83. The van der Waals surface area contributed by atoms with E-state index in [1.165, 1.54) is 0 Å². The van der Waals surface area contributed by atoms with Crippen molar-refractivity contribution in [2.45, 2.75) is 6.54 Å². The van der Waals surface area contributed by atoms with Gasteiger partial charge in [0.2, 0.25) is 0 Å². The van der Waals surface area contributed by atoms with E-state index >= 15 is 0 Å². The van der Waals surface area contributed by atoms with E-state index in [0.29, 0.717) is 19.8 Å². The quantitative estimate of drug-likeness (QED) is 0.621. The first kappa shape index (κ1) is 14.8. The van der Waals surface area contributed by atoms with E-state index in [2.05, 4.69) is 26.2 Å². The Morgan fingerprint density at radius 3 is 2.80 bits per heavy atom. The van der Waals surface area contributed by atoms with Crippen molar-refractivity contribution in [3.8, 4) is 5.75 Å². The minimum atomic E-state index is 0.549. The summed E-state index contributed by atoms with van der Waals surface area (Å²) in [6, 6.07) is 13.7. The Balaban J connectivity index is 1.91. The normalized spacial score (nSPS) is 10.3. The Morgan fingerprint density at radius 1 is 1.15 bits per heavy atom. The lowest BCUT2D eigenvalue weighted by Crippen LogP contribution is -2.05. The first-order valence-corrected chi connectivity index (χ1v) is 7.14. The molecule has 106 valence electrons. The topological polar surface area (TPSA) is 43.4 Å². The number of nitrogens with one attached hydrogen (secondary N) is 1. The number of hydrogen-bond donors (Lipinski definition) is 1. The summed E-state index contributed by atoms with van der Waals surface area (Å²) in [6.45, 7) is 1.80. The average molecular weight is 337 g/mol. The summed E-state index contributed by atoms with van der Waals surface area (Å²) in [5.41, 5.74) is 1.98. The molecule has 2 rings (SSSR count). The molecule has 0 amide bonds. The molecule has 0 aliphatic heterocycles. The molecular weight excluding hydrogens is 320 g/mol. The molecular formula is C15H17BrN2O2. The first-order chi connectivity index (χ1) is 9.78. The molecule has 5 heteroatoms. The zero-order valence-corrected chi connectivity index (χ0v) is 12.9. The smallest absolute Gasteiger partial charge is 0.121 e. The van der Waals surface area contributed by atoms with Crippen LogP contribution in [-0.4, -0.2) is 25.3 Å². The minimum Gasteiger partial charge on any atom is -0.491 e. The van der Waals surface area contributed by atoms with Crippen LogP contribution in [0.25, 0.3) is 0 Å². The second-order valence-corrected chi connectivity index (χ2v) is 4.99. The molecule has 0 unspecified atom stereocenters. The molecule has 1 aromatic heterocycles. The first-order valence-electron chi connectivity index (χ1n) is 6.35. The molecule has 2 aromatic rings. The number of hydrogen-bond acceptors (Lipinski definition) is 4. The van der Waals surface area contributed by atoms with Crippen molar-refractivity contribution in [1.29, 1.82) is 0 Å². The van der Waals surface area contributed by atoms with Crippen LogP contribution < -0.4 is 10.1 Å². The lowest BCUT2D eigenvalue weighted by molar-refractivity contribution is 0.146. The maximum Gasteiger partial charge on any atom is 0.121 e. The highest BCUT2D eigenvalue weighted by Gasteiger charge is 1.99. The van der Waals surface area contributed by atoms with Crippen LogP contribution >= 0.6 is 15.9 Å². The molecule has 1 aromatic carbocycles. The average Bonchev–Trinajstić information content (AvgIpc) is 2.46. The predicted molar refractivity (Wildman–Crippen MR) is 83.1 cm³/mol. The fraction of sp³-hybridized carbons (Fsp3) is 0.267. The van der Waals surface area contributed by atoms with Gasteiger partial charge in [-0.1, -0.05) is 12.1 Å². The summed E-state index contributed by atoms with van der Waals surface area (Å²) in [5, 5.41) is 3.32. The number of anilines is 1. The van der Waals surface area contributed by atoms with Gasteiger partial charge in [0, 0.05) is 18.9 Å². The standard InChI is InChI=1S/C15H17BrN2O2/c1-19-8-9-20-14-6-2-4-12(10-14)17-11-13-5-3-7-15(16)18-13/h2-7,10,17H,8-9,11H2,1H3. The molecule has 0 aliphatic rings. The Labute approximate surface area is 127 Å². The molecule has 20 heavy (non-hydrogen) atoms. The van der Waals surface area contributed by atoms with Crippen LogP contribution in [0.15, 0.2) is 47.1 Å². The Bertz CT molecular complexity index is 549. The lowest BCUT2D eigenvalue weighted by atomic mass is 10.3. The molecule has 0 bridgehead atoms. The number of pyridine rings is 1. The highest BCUT2D eigenvalue weighted by Crippen LogP contribution is 2.18. The summed E-state index contributed by atoms with van der Waals surface area (Å²) in [7, 11) is 1.66. The molecule has 0 saturated carbocycles. The number of ether oxygens (including phenoxy) is 2. The van der Waals surface area contributed by atoms with E-state index in [0.717, 1.165) is 21.7 Å². The fourth-order valence-electron chi connectivity index (χ4n) is 1.68. The van der Waals surface area contributed by atoms with Crippen molar-refractivity contribution >= 4 is 21.6 Å². The van der Waals surface area contributed by atoms with Crippen molar-refractivity contribution in [2.24, 2.45) is 0 Å². The summed E-state index contributed by atoms with van der Waals surface area (Å²) < 4.78 is 11.4. The highest BCUT2D eigenvalue weighted by molar-refractivity contribution is 9.10. The molecule has 0 spiro atoms. The van der Waals surface area contributed by atoms with E-state index in [9.17, 15) is 0 Å². The van der Waals surface area contributed by atoms with E-state index in [1.807, 2.05) is 42.5 Å². The van der Waals surface area contributed by atoms with Gasteiger partial charge in [-0.15, -0.1) is 0 Å². The maximum atomic E-state index is 5.57. The summed E-state index contributed by atoms with van der Waals surface area (Å²) >= 11 is 3.36. The van der Waals surface area contributed by atoms with Gasteiger partial charge in [-0.3, -0.25) is 0 Å². The lowest BCUT2D eigenvalue weighted by Gasteiger charge is -2.09. The van der Waals surface area contributed by atoms with E-state index in [1.54, 1.807) is 7.11 Å². The van der Waals surface area contributed by atoms with Gasteiger partial charge in [-0.2, -0.15) is 0 Å². The third-order valence-electron chi connectivity index (χ3n) is 2.64. The van der Waals surface area contributed by atoms with Gasteiger partial charge in [0.15, 0.2) is 0 Å². The third kappa shape index (κ3) is 4.83. The predicted octanol–water partition coefficient (Wildman–Crippen LogP) is 3.48. The molecule has 0 aliphatic carbocycles. The van der Waals surface area contributed by atoms with Crippen LogP contribution in [0.5, 0.6) is 5.75 Å². The minimum absolute atomic E-state index is 0.549. The summed E-state index contributed by atoms with van der Waals surface area (Å²) in [5.74, 6) is 0.828. The number of rotatable bonds is 7. The molecule has 0 fully saturated rings. The largest absolute Gasteiger partial charge is 0.491 e. The number of benzene rings is 1. The third-order valence-corrected chi connectivity index (χ3v) is 3.08. The van der Waals surface area contributed by atoms with Crippen LogP contribution in [0.2, 0.25) is 0 Å². The number of methoxy groups -OCH3 is 1. The second-order valence-electron chi connectivity index (χ2n) is 4.17. The van der Waals surface area contributed by atoms with E-state index in [4.69, 9.17) is 9.47 Å². The van der Waals surface area contributed by atoms with Gasteiger partial charge in [-0.25, -0.2) is 4.98 Å². The van der Waals surface area contributed by atoms with Crippen LogP contribution in [0.1, 0.15) is 5.69 Å². The van der Waals surface area contributed by atoms with Gasteiger partial charge in [0.1, 0.15) is 17.0 Å². The van der Waals surface area contributed by atoms with Crippen LogP contribution in [0.4, 0.5) is 5.69 Å². The summed E-state index contributed by atoms with van der Waals surface area (Å²) in [6.07, 6.45) is 0. The van der Waals surface area contributed by atoms with Crippen molar-refractivity contribution in [3.63, 3.8) is 0 Å². The van der Waals surface area contributed by atoms with E-state index < -0.39 is 0 Å². The van der Waals surface area contributed by atoms with Gasteiger partial charge < -0.3 is 14.8 Å². The van der Waals surface area contributed by atoms with Gasteiger partial charge in [-0.05, 0) is 40.2 Å². The van der Waals surface area contributed by atoms with Crippen LogP contribution in [0.3, 0.4) is 0 Å². The van der Waals surface area contributed by atoms with Gasteiger partial charge in [0.05, 0.1) is 18.8 Å². The summed E-state index contributed by atoms with van der Waals surface area (Å²) in [4.78, 5) is 4.38. The van der Waals surface area contributed by atoms with E-state index in [-0.39, 0.29) is 0 Å². The Hall–Kier alpha value is -1.59. The molecule has 0 radical (unpaired) electrons. The molecule has 0 atom stereocenters. The zero-order chi connectivity index (χ0) is 14.2. The number of aromatic nitrogens is 1. The number of nitrogens with zero attached hydrogens (tertiary/aromatic N) is 1. The van der Waals surface area contributed by atoms with Crippen LogP contribution in [-0.2, 0) is 11.3 Å². The molecule has 0 saturated heterocycles. The number of halogens is 1. The van der Waals surface area contributed by atoms with Gasteiger partial charge >= 0.3 is 0 Å². The van der Waals surface area contributed by atoms with Crippen molar-refractivity contribution in [2.75, 3.05) is 25.6 Å². The SMILES string of the molecule is COCCOc1cccc(NCc2cccc(Br)n2)c1. The second kappa shape index (κ2) is 7.87. The van der Waals surface area contributed by atoms with Crippen LogP contribution in [0, 0.1) is 0 Å². The van der Waals surface area contributed by atoms with Crippen molar-refractivity contribution < 1.29 is 9.47 Å². The molecule has 1 N–H and O–H groups in total. The van der Waals surface area contributed by atoms with Crippen molar-refractivity contribution in [1.82, 2.24) is 4.98 Å². The highest BCUT2D eigenvalue weighted by atomic mass is 79.9. The Morgan fingerprint density at radius 2 is 2.00 bits per heavy atom. The maximum absolute atomic E-state index is 5.57. The van der Waals surface area contributed by atoms with Crippen molar-refractivity contribution in [3.05, 3.63) is 52.8 Å².